The van der Waals surface area contributed by atoms with Crippen LogP contribution in [0.5, 0.6) is 0 Å². The van der Waals surface area contributed by atoms with Crippen molar-refractivity contribution in [3.05, 3.63) is 40.7 Å². The number of aliphatic hydroxyl groups excluding tert-OH is 1. The molecule has 1 heterocycles. The molecule has 2 rings (SSSR count). The fourth-order valence-corrected chi connectivity index (χ4v) is 3.10. The van der Waals surface area contributed by atoms with Gasteiger partial charge in [0.25, 0.3) is 0 Å². The Morgan fingerprint density at radius 1 is 1.08 bits per heavy atom. The van der Waals surface area contributed by atoms with Gasteiger partial charge in [0.05, 0.1) is 43.4 Å². The highest BCUT2D eigenvalue weighted by Crippen LogP contribution is 2.31. The van der Waals surface area contributed by atoms with E-state index in [1.807, 2.05) is 0 Å². The van der Waals surface area contributed by atoms with E-state index in [4.69, 9.17) is 4.74 Å². The van der Waals surface area contributed by atoms with Crippen molar-refractivity contribution in [1.29, 1.82) is 0 Å². The fraction of sp³-hybridized carbons (Fsp3) is 0.294. The molecule has 0 unspecified atom stereocenters. The van der Waals surface area contributed by atoms with Gasteiger partial charge >= 0.3 is 17.9 Å². The smallest absolute Gasteiger partial charge is 0.344 e. The highest BCUT2D eigenvalue weighted by atomic mass is 32.2. The van der Waals surface area contributed by atoms with Crippen LogP contribution in [0.15, 0.2) is 34.5 Å². The first-order valence-corrected chi connectivity index (χ1v) is 8.52. The first kappa shape index (κ1) is 19.5. The van der Waals surface area contributed by atoms with Gasteiger partial charge in [-0.05, 0) is 25.1 Å². The lowest BCUT2D eigenvalue weighted by Crippen LogP contribution is -2.13. The summed E-state index contributed by atoms with van der Waals surface area (Å²) in [6.07, 6.45) is 0. The lowest BCUT2D eigenvalue weighted by molar-refractivity contribution is -0.138. The average molecular weight is 379 g/mol. The number of benzene rings is 1. The van der Waals surface area contributed by atoms with Gasteiger partial charge in [0.15, 0.2) is 0 Å². The van der Waals surface area contributed by atoms with E-state index in [1.54, 1.807) is 6.92 Å². The second-order valence-electron chi connectivity index (χ2n) is 5.00. The molecular weight excluding hydrogens is 362 g/mol. The second kappa shape index (κ2) is 8.52. The summed E-state index contributed by atoms with van der Waals surface area (Å²) in [6, 6.07) is 4.14. The molecule has 26 heavy (non-hydrogen) atoms. The molecule has 1 aliphatic heterocycles. The Labute approximate surface area is 153 Å². The largest absolute Gasteiger partial charge is 0.510 e. The lowest BCUT2D eigenvalue weighted by Gasteiger charge is -2.07. The van der Waals surface area contributed by atoms with Crippen LogP contribution in [0.3, 0.4) is 0 Å². The molecule has 0 bridgehead atoms. The van der Waals surface area contributed by atoms with Crippen LogP contribution in [0.2, 0.25) is 0 Å². The van der Waals surface area contributed by atoms with E-state index in [0.29, 0.717) is 0 Å². The Balaban J connectivity index is 2.50. The standard InChI is InChI=1S/C17H17NO7S/c1-4-25-17(22)13-12(19)8-26-14(13)18-11-6-9(15(20)23-2)5-10(7-11)16(21)24-3/h5-7,19H,4,8H2,1-3H3. The molecule has 1 aromatic carbocycles. The Morgan fingerprint density at radius 3 is 2.15 bits per heavy atom. The van der Waals surface area contributed by atoms with Crippen LogP contribution >= 0.6 is 11.8 Å². The van der Waals surface area contributed by atoms with Crippen LogP contribution < -0.4 is 0 Å². The topological polar surface area (TPSA) is 111 Å². The summed E-state index contributed by atoms with van der Waals surface area (Å²) in [5.74, 6) is -1.95. The van der Waals surface area contributed by atoms with Crippen molar-refractivity contribution in [2.24, 2.45) is 4.99 Å². The van der Waals surface area contributed by atoms with Crippen molar-refractivity contribution in [1.82, 2.24) is 0 Å². The van der Waals surface area contributed by atoms with E-state index < -0.39 is 17.9 Å². The quantitative estimate of drug-likeness (QED) is 0.613. The third-order valence-corrected chi connectivity index (χ3v) is 4.30. The van der Waals surface area contributed by atoms with E-state index in [0.717, 1.165) is 11.8 Å². The van der Waals surface area contributed by atoms with Crippen LogP contribution in [0.25, 0.3) is 0 Å². The molecule has 0 atom stereocenters. The zero-order chi connectivity index (χ0) is 19.3. The number of hydrogen-bond acceptors (Lipinski definition) is 9. The van der Waals surface area contributed by atoms with Crippen LogP contribution in [0.4, 0.5) is 5.69 Å². The number of rotatable bonds is 5. The maximum absolute atomic E-state index is 12.0. The van der Waals surface area contributed by atoms with Crippen LogP contribution in [0, 0.1) is 0 Å². The minimum atomic E-state index is -0.689. The first-order chi connectivity index (χ1) is 12.4. The van der Waals surface area contributed by atoms with Crippen molar-refractivity contribution in [3.63, 3.8) is 0 Å². The van der Waals surface area contributed by atoms with Gasteiger partial charge in [0.2, 0.25) is 0 Å². The zero-order valence-corrected chi connectivity index (χ0v) is 15.2. The molecule has 0 saturated carbocycles. The molecule has 1 N–H and O–H groups in total. The van der Waals surface area contributed by atoms with Crippen LogP contribution in [0.1, 0.15) is 27.6 Å². The molecule has 0 aliphatic carbocycles. The van der Waals surface area contributed by atoms with Crippen LogP contribution in [-0.4, -0.2) is 54.6 Å². The van der Waals surface area contributed by atoms with E-state index >= 15 is 0 Å². The molecule has 1 aromatic rings. The molecule has 0 amide bonds. The highest BCUT2D eigenvalue weighted by Gasteiger charge is 2.29. The SMILES string of the molecule is CCOC(=O)C1=C(O)CSC1=Nc1cc(C(=O)OC)cc(C(=O)OC)c1. The molecule has 0 radical (unpaired) electrons. The van der Waals surface area contributed by atoms with Crippen molar-refractivity contribution in [2.75, 3.05) is 26.6 Å². The third-order valence-electron chi connectivity index (χ3n) is 3.32. The van der Waals surface area contributed by atoms with E-state index in [9.17, 15) is 19.5 Å². The molecule has 1 aliphatic rings. The molecule has 138 valence electrons. The maximum atomic E-state index is 12.0. The predicted molar refractivity (Wildman–Crippen MR) is 95.0 cm³/mol. The third kappa shape index (κ3) is 4.23. The van der Waals surface area contributed by atoms with Gasteiger partial charge in [0, 0.05) is 0 Å². The van der Waals surface area contributed by atoms with E-state index in [1.165, 1.54) is 32.4 Å². The molecule has 0 spiro atoms. The average Bonchev–Trinajstić information content (AvgIpc) is 3.00. The van der Waals surface area contributed by atoms with Gasteiger partial charge in [-0.1, -0.05) is 11.8 Å². The number of thioether (sulfide) groups is 1. The van der Waals surface area contributed by atoms with Crippen molar-refractivity contribution >= 4 is 40.4 Å². The highest BCUT2D eigenvalue weighted by molar-refractivity contribution is 8.15. The number of nitrogens with zero attached hydrogens (tertiary/aromatic N) is 1. The van der Waals surface area contributed by atoms with E-state index in [-0.39, 0.29) is 45.6 Å². The molecule has 9 heteroatoms. The van der Waals surface area contributed by atoms with Crippen molar-refractivity contribution in [2.45, 2.75) is 6.92 Å². The van der Waals surface area contributed by atoms with Crippen molar-refractivity contribution in [3.8, 4) is 0 Å². The van der Waals surface area contributed by atoms with Crippen LogP contribution in [-0.2, 0) is 19.0 Å². The normalized spacial score (nSPS) is 15.1. The summed E-state index contributed by atoms with van der Waals surface area (Å²) >= 11 is 1.14. The van der Waals surface area contributed by atoms with Gasteiger partial charge in [-0.15, -0.1) is 0 Å². The Hall–Kier alpha value is -2.81. The first-order valence-electron chi connectivity index (χ1n) is 7.54. The molecule has 0 fully saturated rings. The zero-order valence-electron chi connectivity index (χ0n) is 14.4. The fourth-order valence-electron chi connectivity index (χ4n) is 2.17. The number of carbonyl (C=O) groups excluding carboxylic acids is 3. The second-order valence-corrected chi connectivity index (χ2v) is 5.96. The number of aliphatic hydroxyl groups is 1. The molecule has 0 saturated heterocycles. The number of hydrogen-bond donors (Lipinski definition) is 1. The summed E-state index contributed by atoms with van der Waals surface area (Å²) < 4.78 is 14.3. The Kier molecular flexibility index (Phi) is 6.40. The monoisotopic (exact) mass is 379 g/mol. The van der Waals surface area contributed by atoms with Crippen molar-refractivity contribution < 1.29 is 33.7 Å². The predicted octanol–water partition coefficient (Wildman–Crippen LogP) is 2.41. The van der Waals surface area contributed by atoms with Gasteiger partial charge in [-0.2, -0.15) is 0 Å². The summed E-state index contributed by atoms with van der Waals surface area (Å²) in [6.45, 7) is 1.80. The number of ether oxygens (including phenoxy) is 3. The molecule has 8 nitrogen and oxygen atoms in total. The number of aliphatic imine (C=N–C) groups is 1. The summed E-state index contributed by atoms with van der Waals surface area (Å²) in [5.41, 5.74) is 0.402. The molecule has 0 aromatic heterocycles. The lowest BCUT2D eigenvalue weighted by atomic mass is 10.1. The number of esters is 3. The van der Waals surface area contributed by atoms with Gasteiger partial charge in [0.1, 0.15) is 16.4 Å². The maximum Gasteiger partial charge on any atom is 0.344 e. The summed E-state index contributed by atoms with van der Waals surface area (Å²) in [4.78, 5) is 40.0. The number of carbonyl (C=O) groups is 3. The van der Waals surface area contributed by atoms with E-state index in [2.05, 4.69) is 14.5 Å². The van der Waals surface area contributed by atoms with Gasteiger partial charge < -0.3 is 19.3 Å². The minimum Gasteiger partial charge on any atom is -0.510 e. The van der Waals surface area contributed by atoms with Gasteiger partial charge in [-0.3, -0.25) is 0 Å². The Bertz CT molecular complexity index is 779. The number of methoxy groups -OCH3 is 2. The van der Waals surface area contributed by atoms with Gasteiger partial charge in [-0.25, -0.2) is 19.4 Å². The summed E-state index contributed by atoms with van der Waals surface area (Å²) in [7, 11) is 2.43. The minimum absolute atomic E-state index is 0.0278. The Morgan fingerprint density at radius 2 is 1.65 bits per heavy atom. The molecular formula is C17H17NO7S. The summed E-state index contributed by atoms with van der Waals surface area (Å²) in [5, 5.41) is 10.2.